The number of aromatic nitrogens is 2. The minimum atomic E-state index is 0.241. The summed E-state index contributed by atoms with van der Waals surface area (Å²) in [5, 5.41) is 3.43. The highest BCUT2D eigenvalue weighted by Gasteiger charge is 2.33. The van der Waals surface area contributed by atoms with Crippen molar-refractivity contribution in [1.29, 1.82) is 0 Å². The summed E-state index contributed by atoms with van der Waals surface area (Å²) in [4.78, 5) is 24.0. The van der Waals surface area contributed by atoms with E-state index in [2.05, 4.69) is 12.2 Å². The molecule has 1 aromatic rings. The highest BCUT2D eigenvalue weighted by molar-refractivity contribution is 5.95. The predicted molar refractivity (Wildman–Crippen MR) is 85.0 cm³/mol. The Balaban J connectivity index is 1.69. The number of carbonyl (C=O) groups excluding carboxylic acids is 1. The summed E-state index contributed by atoms with van der Waals surface area (Å²) in [5.41, 5.74) is 2.26. The van der Waals surface area contributed by atoms with Crippen LogP contribution in [0.1, 0.15) is 55.1 Å². The highest BCUT2D eigenvalue weighted by Crippen LogP contribution is 2.35. The lowest BCUT2D eigenvalue weighted by Gasteiger charge is -2.31. The first-order chi connectivity index (χ1) is 10.7. The number of piperidine rings is 1. The SMILES string of the molecule is Cc1nc([C@H]2CCCNC2)nc2c1CCC(=O)N2CC1CC1. The van der Waals surface area contributed by atoms with Crippen molar-refractivity contribution in [2.45, 2.75) is 51.4 Å². The zero-order chi connectivity index (χ0) is 15.1. The number of nitrogens with zero attached hydrogens (tertiary/aromatic N) is 3. The highest BCUT2D eigenvalue weighted by atomic mass is 16.2. The van der Waals surface area contributed by atoms with E-state index in [1.807, 2.05) is 4.90 Å². The second-order valence-corrected chi connectivity index (χ2v) is 6.96. The molecule has 0 bridgehead atoms. The first-order valence-electron chi connectivity index (χ1n) is 8.61. The van der Waals surface area contributed by atoms with Crippen LogP contribution in [0.5, 0.6) is 0 Å². The molecule has 1 aromatic heterocycles. The Hall–Kier alpha value is -1.49. The molecule has 1 amide bonds. The largest absolute Gasteiger partial charge is 0.316 e. The Bertz CT molecular complexity index is 591. The van der Waals surface area contributed by atoms with E-state index in [9.17, 15) is 4.79 Å². The van der Waals surface area contributed by atoms with Crippen LogP contribution in [-0.4, -0.2) is 35.5 Å². The molecule has 22 heavy (non-hydrogen) atoms. The van der Waals surface area contributed by atoms with Crippen LogP contribution in [0.15, 0.2) is 0 Å². The van der Waals surface area contributed by atoms with Gasteiger partial charge in [0.2, 0.25) is 5.91 Å². The minimum absolute atomic E-state index is 0.241. The quantitative estimate of drug-likeness (QED) is 0.927. The Labute approximate surface area is 131 Å². The molecule has 1 aliphatic carbocycles. The van der Waals surface area contributed by atoms with Crippen LogP contribution in [0, 0.1) is 12.8 Å². The minimum Gasteiger partial charge on any atom is -0.316 e. The van der Waals surface area contributed by atoms with Gasteiger partial charge in [-0.25, -0.2) is 9.97 Å². The topological polar surface area (TPSA) is 58.1 Å². The van der Waals surface area contributed by atoms with Crippen LogP contribution in [-0.2, 0) is 11.2 Å². The van der Waals surface area contributed by atoms with Gasteiger partial charge in [-0.05, 0) is 51.5 Å². The number of hydrogen-bond donors (Lipinski definition) is 1. The predicted octanol–water partition coefficient (Wildman–Crippen LogP) is 1.94. The summed E-state index contributed by atoms with van der Waals surface area (Å²) in [5.74, 6) is 3.16. The van der Waals surface area contributed by atoms with Gasteiger partial charge in [0.1, 0.15) is 11.6 Å². The maximum atomic E-state index is 12.4. The van der Waals surface area contributed by atoms with E-state index in [0.29, 0.717) is 18.3 Å². The maximum absolute atomic E-state index is 12.4. The van der Waals surface area contributed by atoms with E-state index in [4.69, 9.17) is 9.97 Å². The summed E-state index contributed by atoms with van der Waals surface area (Å²) in [6.45, 7) is 4.97. The lowest BCUT2D eigenvalue weighted by atomic mass is 9.97. The molecule has 118 valence electrons. The van der Waals surface area contributed by atoms with Gasteiger partial charge in [0.25, 0.3) is 0 Å². The van der Waals surface area contributed by atoms with E-state index >= 15 is 0 Å². The molecule has 3 aliphatic rings. The van der Waals surface area contributed by atoms with Gasteiger partial charge in [0.15, 0.2) is 0 Å². The fourth-order valence-corrected chi connectivity index (χ4v) is 3.60. The lowest BCUT2D eigenvalue weighted by molar-refractivity contribution is -0.119. The molecule has 0 unspecified atom stereocenters. The van der Waals surface area contributed by atoms with Crippen molar-refractivity contribution >= 4 is 11.7 Å². The molecule has 0 spiro atoms. The summed E-state index contributed by atoms with van der Waals surface area (Å²) in [6, 6.07) is 0. The third kappa shape index (κ3) is 2.62. The summed E-state index contributed by atoms with van der Waals surface area (Å²) in [6.07, 6.45) is 6.22. The third-order valence-electron chi connectivity index (χ3n) is 5.15. The molecule has 1 N–H and O–H groups in total. The molecule has 5 nitrogen and oxygen atoms in total. The van der Waals surface area contributed by atoms with Gasteiger partial charge in [0.05, 0.1) is 0 Å². The number of hydrogen-bond acceptors (Lipinski definition) is 4. The molecule has 1 saturated heterocycles. The Morgan fingerprint density at radius 2 is 2.09 bits per heavy atom. The van der Waals surface area contributed by atoms with Crippen LogP contribution in [0.25, 0.3) is 0 Å². The first-order valence-corrected chi connectivity index (χ1v) is 8.61. The molecule has 0 aromatic carbocycles. The van der Waals surface area contributed by atoms with E-state index in [0.717, 1.165) is 49.8 Å². The number of aryl methyl sites for hydroxylation is 1. The van der Waals surface area contributed by atoms with Crippen molar-refractivity contribution in [3.63, 3.8) is 0 Å². The van der Waals surface area contributed by atoms with Gasteiger partial charge in [-0.2, -0.15) is 0 Å². The van der Waals surface area contributed by atoms with Crippen LogP contribution in [0.2, 0.25) is 0 Å². The fourth-order valence-electron chi connectivity index (χ4n) is 3.60. The summed E-state index contributed by atoms with van der Waals surface area (Å²) in [7, 11) is 0. The van der Waals surface area contributed by atoms with Crippen molar-refractivity contribution in [1.82, 2.24) is 15.3 Å². The average Bonchev–Trinajstić information content (AvgIpc) is 3.35. The zero-order valence-electron chi connectivity index (χ0n) is 13.3. The number of fused-ring (bicyclic) bond motifs is 1. The van der Waals surface area contributed by atoms with Crippen molar-refractivity contribution in [3.05, 3.63) is 17.1 Å². The first kappa shape index (κ1) is 14.1. The smallest absolute Gasteiger partial charge is 0.228 e. The van der Waals surface area contributed by atoms with Crippen LogP contribution < -0.4 is 10.2 Å². The second-order valence-electron chi connectivity index (χ2n) is 6.96. The van der Waals surface area contributed by atoms with Crippen LogP contribution in [0.3, 0.4) is 0 Å². The monoisotopic (exact) mass is 300 g/mol. The molecule has 2 fully saturated rings. The fraction of sp³-hybridized carbons (Fsp3) is 0.706. The van der Waals surface area contributed by atoms with Crippen molar-refractivity contribution < 1.29 is 4.79 Å². The van der Waals surface area contributed by atoms with E-state index < -0.39 is 0 Å². The van der Waals surface area contributed by atoms with Gasteiger partial charge in [-0.15, -0.1) is 0 Å². The van der Waals surface area contributed by atoms with E-state index in [1.165, 1.54) is 24.8 Å². The van der Waals surface area contributed by atoms with Crippen LogP contribution >= 0.6 is 0 Å². The number of anilines is 1. The molecule has 5 heteroatoms. The van der Waals surface area contributed by atoms with E-state index in [1.54, 1.807) is 0 Å². The molecule has 4 rings (SSSR count). The Kier molecular flexibility index (Phi) is 3.60. The molecule has 0 radical (unpaired) electrons. The summed E-state index contributed by atoms with van der Waals surface area (Å²) >= 11 is 0. The molecule has 3 heterocycles. The lowest BCUT2D eigenvalue weighted by Crippen LogP contribution is -2.39. The van der Waals surface area contributed by atoms with Crippen LogP contribution in [0.4, 0.5) is 5.82 Å². The van der Waals surface area contributed by atoms with Gasteiger partial charge >= 0.3 is 0 Å². The van der Waals surface area contributed by atoms with Crippen molar-refractivity contribution in [2.75, 3.05) is 24.5 Å². The molecule has 1 atom stereocenters. The second kappa shape index (κ2) is 5.61. The standard InChI is InChI=1S/C17H24N4O/c1-11-14-6-7-15(22)21(10-12-4-5-12)17(14)20-16(19-11)13-3-2-8-18-9-13/h12-13,18H,2-10H2,1H3/t13-/m0/s1. The maximum Gasteiger partial charge on any atom is 0.228 e. The normalized spacial score (nSPS) is 25.2. The number of amides is 1. The average molecular weight is 300 g/mol. The Morgan fingerprint density at radius 1 is 1.23 bits per heavy atom. The molecule has 2 aliphatic heterocycles. The number of rotatable bonds is 3. The van der Waals surface area contributed by atoms with E-state index in [-0.39, 0.29) is 5.91 Å². The summed E-state index contributed by atoms with van der Waals surface area (Å²) < 4.78 is 0. The van der Waals surface area contributed by atoms with Crippen molar-refractivity contribution in [3.8, 4) is 0 Å². The van der Waals surface area contributed by atoms with Crippen molar-refractivity contribution in [2.24, 2.45) is 5.92 Å². The van der Waals surface area contributed by atoms with Gasteiger partial charge < -0.3 is 5.32 Å². The molecular weight excluding hydrogens is 276 g/mol. The Morgan fingerprint density at radius 3 is 2.82 bits per heavy atom. The van der Waals surface area contributed by atoms with Gasteiger partial charge in [-0.1, -0.05) is 0 Å². The third-order valence-corrected chi connectivity index (χ3v) is 5.15. The number of nitrogens with one attached hydrogen (secondary N) is 1. The van der Waals surface area contributed by atoms with Gasteiger partial charge in [0, 0.05) is 36.7 Å². The number of carbonyl (C=O) groups is 1. The molecule has 1 saturated carbocycles. The zero-order valence-corrected chi connectivity index (χ0v) is 13.3. The molecular formula is C17H24N4O. The van der Waals surface area contributed by atoms with Gasteiger partial charge in [-0.3, -0.25) is 9.69 Å².